The van der Waals surface area contributed by atoms with Crippen molar-refractivity contribution in [2.75, 3.05) is 13.1 Å². The van der Waals surface area contributed by atoms with Crippen LogP contribution < -0.4 is 0 Å². The average Bonchev–Trinajstić information content (AvgIpc) is 2.91. The van der Waals surface area contributed by atoms with E-state index >= 15 is 0 Å². The Hall–Kier alpha value is -1.07. The summed E-state index contributed by atoms with van der Waals surface area (Å²) in [5.74, 6) is 0.139. The Morgan fingerprint density at radius 3 is 2.38 bits per heavy atom. The molecule has 0 fully saturated rings. The Bertz CT molecular complexity index is 656. The Kier molecular flexibility index (Phi) is 4.63. The molecule has 0 N–H and O–H groups in total. The van der Waals surface area contributed by atoms with Crippen molar-refractivity contribution in [3.8, 4) is 0 Å². The van der Waals surface area contributed by atoms with Crippen LogP contribution in [0.1, 0.15) is 34.0 Å². The third-order valence-electron chi connectivity index (χ3n) is 3.84. The number of halogens is 1. The molecular weight excluding hydrogens is 348 g/mol. The second-order valence-electron chi connectivity index (χ2n) is 5.44. The minimum absolute atomic E-state index is 0. The van der Waals surface area contributed by atoms with E-state index in [-0.39, 0.29) is 22.8 Å². The maximum absolute atomic E-state index is 12.9. The number of hydrogen-bond acceptors (Lipinski definition) is 4. The number of fused-ring (bicyclic) bond motifs is 1. The number of benzene rings is 1. The number of aliphatic imine (C=N–C) groups is 1. The number of thioether (sulfide) groups is 1. The fraction of sp³-hybridized carbons (Fsp3) is 0.375. The van der Waals surface area contributed by atoms with Crippen molar-refractivity contribution in [3.63, 3.8) is 0 Å². The lowest BCUT2D eigenvalue weighted by Gasteiger charge is -2.13. The molecule has 0 radical (unpaired) electrons. The molecule has 1 aromatic carbocycles. The highest BCUT2D eigenvalue weighted by Crippen LogP contribution is 2.38. The largest absolute Gasteiger partial charge is 0.322 e. The van der Waals surface area contributed by atoms with Crippen LogP contribution in [0.2, 0.25) is 0 Å². The van der Waals surface area contributed by atoms with Gasteiger partial charge in [-0.1, -0.05) is 17.7 Å². The van der Waals surface area contributed by atoms with Gasteiger partial charge in [-0.15, -0.1) is 17.0 Å². The van der Waals surface area contributed by atoms with Crippen LogP contribution in [0.15, 0.2) is 27.7 Å². The van der Waals surface area contributed by atoms with Crippen LogP contribution in [0.3, 0.4) is 0 Å². The smallest absolute Gasteiger partial charge is 0.202 e. The molecule has 0 unspecified atom stereocenters. The fourth-order valence-corrected chi connectivity index (χ4v) is 4.10. The van der Waals surface area contributed by atoms with Crippen LogP contribution in [0, 0.1) is 20.8 Å². The van der Waals surface area contributed by atoms with Gasteiger partial charge in [-0.2, -0.15) is 0 Å². The van der Waals surface area contributed by atoms with Gasteiger partial charge in [0.2, 0.25) is 5.78 Å². The van der Waals surface area contributed by atoms with Crippen LogP contribution in [-0.2, 0) is 0 Å². The van der Waals surface area contributed by atoms with E-state index in [1.165, 1.54) is 17.3 Å². The first-order valence-electron chi connectivity index (χ1n) is 6.82. The molecular formula is C16H19BrN2OS. The monoisotopic (exact) mass is 366 g/mol. The molecule has 0 aromatic heterocycles. The van der Waals surface area contributed by atoms with Gasteiger partial charge in [0.05, 0.1) is 11.4 Å². The Morgan fingerprint density at radius 1 is 1.19 bits per heavy atom. The van der Waals surface area contributed by atoms with E-state index in [1.54, 1.807) is 0 Å². The van der Waals surface area contributed by atoms with Crippen molar-refractivity contribution in [3.05, 3.63) is 45.0 Å². The topological polar surface area (TPSA) is 32.7 Å². The molecule has 1 aromatic rings. The number of allylic oxidation sites excluding steroid dienone is 2. The van der Waals surface area contributed by atoms with Crippen molar-refractivity contribution < 1.29 is 4.79 Å². The lowest BCUT2D eigenvalue weighted by Crippen LogP contribution is -2.19. The number of ketones is 1. The molecule has 3 nitrogen and oxygen atoms in total. The minimum Gasteiger partial charge on any atom is -0.322 e. The number of Topliss-reactive ketones (excluding diaryl/α,β-unsaturated/α-hetero) is 1. The highest BCUT2D eigenvalue weighted by Gasteiger charge is 2.34. The summed E-state index contributed by atoms with van der Waals surface area (Å²) in [6.07, 6.45) is 0. The molecule has 0 atom stereocenters. The molecule has 0 aliphatic carbocycles. The van der Waals surface area contributed by atoms with Gasteiger partial charge in [0.1, 0.15) is 0 Å². The van der Waals surface area contributed by atoms with E-state index in [9.17, 15) is 4.79 Å². The van der Waals surface area contributed by atoms with Crippen molar-refractivity contribution in [1.29, 1.82) is 0 Å². The molecule has 21 heavy (non-hydrogen) atoms. The first-order chi connectivity index (χ1) is 9.49. The van der Waals surface area contributed by atoms with Gasteiger partial charge in [0.25, 0.3) is 0 Å². The molecule has 5 heteroatoms. The summed E-state index contributed by atoms with van der Waals surface area (Å²) < 4.78 is 0. The van der Waals surface area contributed by atoms with Gasteiger partial charge in [0.15, 0.2) is 5.17 Å². The molecule has 2 heterocycles. The summed E-state index contributed by atoms with van der Waals surface area (Å²) in [5, 5.41) is 0.980. The van der Waals surface area contributed by atoms with E-state index < -0.39 is 0 Å². The van der Waals surface area contributed by atoms with E-state index in [0.29, 0.717) is 0 Å². The van der Waals surface area contributed by atoms with Crippen molar-refractivity contribution in [2.45, 2.75) is 27.7 Å². The van der Waals surface area contributed by atoms with E-state index in [4.69, 9.17) is 0 Å². The number of amidine groups is 1. The fourth-order valence-electron chi connectivity index (χ4n) is 2.98. The van der Waals surface area contributed by atoms with Gasteiger partial charge in [0, 0.05) is 17.8 Å². The van der Waals surface area contributed by atoms with Gasteiger partial charge in [-0.3, -0.25) is 9.79 Å². The zero-order valence-corrected chi connectivity index (χ0v) is 15.2. The van der Waals surface area contributed by atoms with E-state index in [2.05, 4.69) is 28.9 Å². The average molecular weight is 367 g/mol. The lowest BCUT2D eigenvalue weighted by atomic mass is 9.96. The maximum atomic E-state index is 12.9. The summed E-state index contributed by atoms with van der Waals surface area (Å²) in [6, 6.07) is 4.16. The molecule has 0 saturated carbocycles. The Balaban J connectivity index is 0.00000161. The highest BCUT2D eigenvalue weighted by atomic mass is 79.9. The predicted molar refractivity (Wildman–Crippen MR) is 94.6 cm³/mol. The number of hydrogen-bond donors (Lipinski definition) is 0. The van der Waals surface area contributed by atoms with Crippen molar-refractivity contribution in [1.82, 2.24) is 4.90 Å². The standard InChI is InChI=1S/C16H18N2OS.BrH/c1-9-7-10(2)13(11(3)8-9)14(19)15-12(4)18-6-5-17-16(18)20-15;/h7-8H,5-6H2,1-4H3;1H. The summed E-state index contributed by atoms with van der Waals surface area (Å²) in [7, 11) is 0. The van der Waals surface area contributed by atoms with Gasteiger partial charge in [-0.05, 0) is 50.6 Å². The molecule has 2 aliphatic heterocycles. The van der Waals surface area contributed by atoms with Crippen LogP contribution >= 0.6 is 28.7 Å². The van der Waals surface area contributed by atoms with Gasteiger partial charge < -0.3 is 4.90 Å². The zero-order chi connectivity index (χ0) is 14.4. The Morgan fingerprint density at radius 2 is 1.81 bits per heavy atom. The molecule has 2 aliphatic rings. The molecule has 0 saturated heterocycles. The molecule has 0 bridgehead atoms. The van der Waals surface area contributed by atoms with E-state index in [1.807, 2.05) is 20.8 Å². The second kappa shape index (κ2) is 5.97. The van der Waals surface area contributed by atoms with Gasteiger partial charge in [-0.25, -0.2) is 0 Å². The first-order valence-corrected chi connectivity index (χ1v) is 7.64. The molecule has 112 valence electrons. The molecule has 0 amide bonds. The number of nitrogens with zero attached hydrogens (tertiary/aromatic N) is 2. The normalized spacial score (nSPS) is 16.8. The summed E-state index contributed by atoms with van der Waals surface area (Å²) in [6.45, 7) is 9.85. The van der Waals surface area contributed by atoms with Crippen LogP contribution in [-0.4, -0.2) is 28.9 Å². The van der Waals surface area contributed by atoms with Crippen molar-refractivity contribution in [2.24, 2.45) is 4.99 Å². The SMILES string of the molecule is Br.CC1=C(C(=O)c2c(C)cc(C)cc2C)SC2=NCCN21. The summed E-state index contributed by atoms with van der Waals surface area (Å²) in [4.78, 5) is 20.3. The van der Waals surface area contributed by atoms with Crippen LogP contribution in [0.5, 0.6) is 0 Å². The number of rotatable bonds is 2. The molecule has 3 rings (SSSR count). The predicted octanol–water partition coefficient (Wildman–Crippen LogP) is 4.02. The summed E-state index contributed by atoms with van der Waals surface area (Å²) in [5.41, 5.74) is 5.21. The number of carbonyl (C=O) groups excluding carboxylic acids is 1. The lowest BCUT2D eigenvalue weighted by molar-refractivity contribution is 0.104. The Labute approximate surface area is 140 Å². The zero-order valence-electron chi connectivity index (χ0n) is 12.7. The third kappa shape index (κ3) is 2.69. The maximum Gasteiger partial charge on any atom is 0.202 e. The van der Waals surface area contributed by atoms with Gasteiger partial charge >= 0.3 is 0 Å². The molecule has 0 spiro atoms. The van der Waals surface area contributed by atoms with Crippen LogP contribution in [0.25, 0.3) is 0 Å². The van der Waals surface area contributed by atoms with Crippen molar-refractivity contribution >= 4 is 39.7 Å². The number of aryl methyl sites for hydroxylation is 3. The third-order valence-corrected chi connectivity index (χ3v) is 5.06. The highest BCUT2D eigenvalue weighted by molar-refractivity contribution is 8.93. The summed E-state index contributed by atoms with van der Waals surface area (Å²) >= 11 is 1.52. The first kappa shape index (κ1) is 16.3. The minimum atomic E-state index is 0. The second-order valence-corrected chi connectivity index (χ2v) is 6.41. The number of carbonyl (C=O) groups is 1. The van der Waals surface area contributed by atoms with Crippen LogP contribution in [0.4, 0.5) is 0 Å². The van der Waals surface area contributed by atoms with E-state index in [0.717, 1.165) is 45.5 Å². The quantitative estimate of drug-likeness (QED) is 0.740.